The normalized spacial score (nSPS) is 15.6. The standard InChI is InChI=1S/C22H14BrClN4O/c23-15-5-3-13(4-6-15)19-18-20(27-26-19)22(29)28(17-9-7-16(24)8-10-17)21(18)14-2-1-11-25-12-14/h1-12,21H,(H,26,27). The van der Waals surface area contributed by atoms with Crippen molar-refractivity contribution in [1.29, 1.82) is 0 Å². The minimum Gasteiger partial charge on any atom is -0.295 e. The third-order valence-electron chi connectivity index (χ3n) is 4.99. The first-order valence-electron chi connectivity index (χ1n) is 8.97. The fourth-order valence-electron chi connectivity index (χ4n) is 3.70. The Hall–Kier alpha value is -2.96. The van der Waals surface area contributed by atoms with Gasteiger partial charge in [-0.3, -0.25) is 19.8 Å². The number of carbonyl (C=O) groups excluding carboxylic acids is 1. The van der Waals surface area contributed by atoms with Crippen molar-refractivity contribution < 1.29 is 4.79 Å². The molecule has 3 heterocycles. The van der Waals surface area contributed by atoms with E-state index in [4.69, 9.17) is 11.6 Å². The average Bonchev–Trinajstić information content (AvgIpc) is 3.29. The second-order valence-electron chi connectivity index (χ2n) is 6.71. The first-order chi connectivity index (χ1) is 14.1. The molecule has 0 fully saturated rings. The highest BCUT2D eigenvalue weighted by atomic mass is 79.9. The number of nitrogens with zero attached hydrogens (tertiary/aromatic N) is 3. The predicted molar refractivity (Wildman–Crippen MR) is 116 cm³/mol. The van der Waals surface area contributed by atoms with Gasteiger partial charge in [0, 0.05) is 38.7 Å². The molecule has 1 unspecified atom stereocenters. The lowest BCUT2D eigenvalue weighted by atomic mass is 9.97. The number of amides is 1. The number of hydrogen-bond donors (Lipinski definition) is 1. The Labute approximate surface area is 180 Å². The number of benzene rings is 2. The van der Waals surface area contributed by atoms with Gasteiger partial charge in [0.05, 0.1) is 11.7 Å². The van der Waals surface area contributed by atoms with Crippen LogP contribution in [0, 0.1) is 0 Å². The lowest BCUT2D eigenvalue weighted by molar-refractivity contribution is 0.0989. The molecule has 2 aromatic heterocycles. The van der Waals surface area contributed by atoms with Gasteiger partial charge in [0.2, 0.25) is 0 Å². The number of hydrogen-bond acceptors (Lipinski definition) is 3. The lowest BCUT2D eigenvalue weighted by Crippen LogP contribution is -2.29. The molecule has 2 aromatic carbocycles. The maximum absolute atomic E-state index is 13.4. The summed E-state index contributed by atoms with van der Waals surface area (Å²) < 4.78 is 0.983. The quantitative estimate of drug-likeness (QED) is 0.426. The van der Waals surface area contributed by atoms with E-state index in [0.29, 0.717) is 10.7 Å². The van der Waals surface area contributed by atoms with E-state index in [9.17, 15) is 4.79 Å². The summed E-state index contributed by atoms with van der Waals surface area (Å²) in [4.78, 5) is 19.4. The van der Waals surface area contributed by atoms with Crippen LogP contribution < -0.4 is 4.90 Å². The molecule has 5 rings (SSSR count). The van der Waals surface area contributed by atoms with Crippen LogP contribution in [-0.2, 0) is 0 Å². The Morgan fingerprint density at radius 2 is 1.79 bits per heavy atom. The van der Waals surface area contributed by atoms with E-state index in [0.717, 1.165) is 32.5 Å². The van der Waals surface area contributed by atoms with Crippen molar-refractivity contribution in [2.75, 3.05) is 4.90 Å². The van der Waals surface area contributed by atoms with Gasteiger partial charge in [-0.05, 0) is 48.0 Å². The Morgan fingerprint density at radius 3 is 2.48 bits per heavy atom. The molecule has 4 aromatic rings. The number of aromatic amines is 1. The zero-order chi connectivity index (χ0) is 20.0. The molecule has 1 N–H and O–H groups in total. The predicted octanol–water partition coefficient (Wildman–Crippen LogP) is 5.64. The minimum atomic E-state index is -0.343. The summed E-state index contributed by atoms with van der Waals surface area (Å²) in [5.74, 6) is -0.132. The SMILES string of the molecule is O=C1c2[nH]nc(-c3ccc(Br)cc3)c2C(c2cccnc2)N1c1ccc(Cl)cc1. The first kappa shape index (κ1) is 18.1. The molecule has 1 aliphatic rings. The van der Waals surface area contributed by atoms with Crippen LogP contribution in [0.25, 0.3) is 11.3 Å². The van der Waals surface area contributed by atoms with E-state index >= 15 is 0 Å². The van der Waals surface area contributed by atoms with Crippen molar-refractivity contribution in [3.63, 3.8) is 0 Å². The van der Waals surface area contributed by atoms with Crippen LogP contribution in [0.3, 0.4) is 0 Å². The van der Waals surface area contributed by atoms with Crippen molar-refractivity contribution >= 4 is 39.1 Å². The van der Waals surface area contributed by atoms with E-state index in [1.54, 1.807) is 29.4 Å². The largest absolute Gasteiger partial charge is 0.295 e. The van der Waals surface area contributed by atoms with Crippen molar-refractivity contribution in [2.24, 2.45) is 0 Å². The highest BCUT2D eigenvalue weighted by Gasteiger charge is 2.43. The molecule has 7 heteroatoms. The molecule has 5 nitrogen and oxygen atoms in total. The number of fused-ring (bicyclic) bond motifs is 1. The molecular formula is C22H14BrClN4O. The van der Waals surface area contributed by atoms with E-state index in [1.165, 1.54) is 0 Å². The summed E-state index contributed by atoms with van der Waals surface area (Å²) in [5.41, 5.74) is 4.71. The number of nitrogens with one attached hydrogen (secondary N) is 1. The van der Waals surface area contributed by atoms with E-state index in [2.05, 4.69) is 31.1 Å². The topological polar surface area (TPSA) is 61.9 Å². The van der Waals surface area contributed by atoms with Crippen molar-refractivity contribution in [3.8, 4) is 11.3 Å². The molecule has 1 amide bonds. The van der Waals surface area contributed by atoms with Crippen LogP contribution in [0.5, 0.6) is 0 Å². The van der Waals surface area contributed by atoms with Crippen LogP contribution in [0.1, 0.15) is 27.7 Å². The van der Waals surface area contributed by atoms with Gasteiger partial charge in [-0.2, -0.15) is 5.10 Å². The number of halogens is 2. The number of carbonyl (C=O) groups is 1. The van der Waals surface area contributed by atoms with Crippen LogP contribution in [-0.4, -0.2) is 21.1 Å². The van der Waals surface area contributed by atoms with Crippen LogP contribution in [0.4, 0.5) is 5.69 Å². The summed E-state index contributed by atoms with van der Waals surface area (Å²) >= 11 is 9.53. The number of pyridine rings is 1. The van der Waals surface area contributed by atoms with Gasteiger partial charge in [-0.25, -0.2) is 0 Å². The molecule has 0 saturated heterocycles. The average molecular weight is 466 g/mol. The van der Waals surface area contributed by atoms with Crippen molar-refractivity contribution in [2.45, 2.75) is 6.04 Å². The van der Waals surface area contributed by atoms with E-state index < -0.39 is 0 Å². The summed E-state index contributed by atoms with van der Waals surface area (Å²) in [6, 6.07) is 18.7. The summed E-state index contributed by atoms with van der Waals surface area (Å²) in [5, 5.41) is 8.06. The van der Waals surface area contributed by atoms with Gasteiger partial charge in [-0.15, -0.1) is 0 Å². The smallest absolute Gasteiger partial charge is 0.277 e. The molecule has 0 spiro atoms. The number of rotatable bonds is 3. The second-order valence-corrected chi connectivity index (χ2v) is 8.06. The Kier molecular flexibility index (Phi) is 4.45. The molecule has 1 atom stereocenters. The van der Waals surface area contributed by atoms with Crippen molar-refractivity contribution in [3.05, 3.63) is 99.4 Å². The molecule has 0 aliphatic carbocycles. The molecule has 1 aliphatic heterocycles. The summed E-state index contributed by atoms with van der Waals surface area (Å²) in [6.45, 7) is 0. The van der Waals surface area contributed by atoms with E-state index in [-0.39, 0.29) is 11.9 Å². The van der Waals surface area contributed by atoms with Gasteiger partial charge in [0.15, 0.2) is 0 Å². The van der Waals surface area contributed by atoms with E-state index in [1.807, 2.05) is 48.5 Å². The third-order valence-corrected chi connectivity index (χ3v) is 5.77. The highest BCUT2D eigenvalue weighted by Crippen LogP contribution is 2.44. The second kappa shape index (κ2) is 7.13. The Bertz CT molecular complexity index is 1190. The van der Waals surface area contributed by atoms with Gasteiger partial charge in [0.1, 0.15) is 5.69 Å². The number of H-pyrrole nitrogens is 1. The van der Waals surface area contributed by atoms with Crippen LogP contribution in [0.15, 0.2) is 77.5 Å². The van der Waals surface area contributed by atoms with Crippen LogP contribution in [0.2, 0.25) is 5.02 Å². The zero-order valence-corrected chi connectivity index (χ0v) is 17.4. The monoisotopic (exact) mass is 464 g/mol. The summed E-state index contributed by atoms with van der Waals surface area (Å²) in [6.07, 6.45) is 3.51. The molecule has 0 saturated carbocycles. The van der Waals surface area contributed by atoms with Crippen molar-refractivity contribution in [1.82, 2.24) is 15.2 Å². The van der Waals surface area contributed by atoms with Gasteiger partial charge in [-0.1, -0.05) is 45.7 Å². The Balaban J connectivity index is 1.71. The molecule has 142 valence electrons. The minimum absolute atomic E-state index is 0.132. The first-order valence-corrected chi connectivity index (χ1v) is 10.1. The molecule has 0 bridgehead atoms. The van der Waals surface area contributed by atoms with Crippen LogP contribution >= 0.6 is 27.5 Å². The van der Waals surface area contributed by atoms with Gasteiger partial charge >= 0.3 is 0 Å². The Morgan fingerprint density at radius 1 is 1.03 bits per heavy atom. The lowest BCUT2D eigenvalue weighted by Gasteiger charge is -2.26. The number of aromatic nitrogens is 3. The molecular weight excluding hydrogens is 452 g/mol. The third kappa shape index (κ3) is 3.05. The number of anilines is 1. The fraction of sp³-hybridized carbons (Fsp3) is 0.0455. The van der Waals surface area contributed by atoms with Gasteiger partial charge < -0.3 is 0 Å². The highest BCUT2D eigenvalue weighted by molar-refractivity contribution is 9.10. The molecule has 0 radical (unpaired) electrons. The summed E-state index contributed by atoms with van der Waals surface area (Å²) in [7, 11) is 0. The molecule has 29 heavy (non-hydrogen) atoms. The fourth-order valence-corrected chi connectivity index (χ4v) is 4.09. The zero-order valence-electron chi connectivity index (χ0n) is 15.0. The maximum Gasteiger partial charge on any atom is 0.277 e. The maximum atomic E-state index is 13.4. The van der Waals surface area contributed by atoms with Gasteiger partial charge in [0.25, 0.3) is 5.91 Å².